The molecule has 2 aliphatic rings. The average molecular weight is 442 g/mol. The lowest BCUT2D eigenvalue weighted by atomic mass is 10.2. The van der Waals surface area contributed by atoms with Gasteiger partial charge in [0.25, 0.3) is 0 Å². The molecule has 3 heterocycles. The van der Waals surface area contributed by atoms with Gasteiger partial charge >= 0.3 is 0 Å². The number of nitrogens with zero attached hydrogens (tertiary/aromatic N) is 6. The van der Waals surface area contributed by atoms with Gasteiger partial charge in [-0.25, -0.2) is 14.4 Å². The van der Waals surface area contributed by atoms with Gasteiger partial charge in [-0.2, -0.15) is 5.10 Å². The van der Waals surface area contributed by atoms with Gasteiger partial charge in [-0.15, -0.1) is 0 Å². The van der Waals surface area contributed by atoms with E-state index in [0.717, 1.165) is 37.4 Å². The largest absolute Gasteiger partial charge is 0.369 e. The summed E-state index contributed by atoms with van der Waals surface area (Å²) in [6.07, 6.45) is 6.20. The van der Waals surface area contributed by atoms with Crippen molar-refractivity contribution in [1.82, 2.24) is 24.6 Å². The van der Waals surface area contributed by atoms with Crippen molar-refractivity contribution in [3.05, 3.63) is 47.9 Å². The number of aromatic nitrogens is 4. The highest BCUT2D eigenvalue weighted by molar-refractivity contribution is 6.32. The molecule has 7 nitrogen and oxygen atoms in total. The van der Waals surface area contributed by atoms with Gasteiger partial charge < -0.3 is 15.1 Å². The Morgan fingerprint density at radius 3 is 2.55 bits per heavy atom. The first kappa shape index (κ1) is 20.2. The minimum Gasteiger partial charge on any atom is -0.369 e. The second-order valence-electron chi connectivity index (χ2n) is 8.43. The number of benzene rings is 1. The number of anilines is 3. The highest BCUT2D eigenvalue weighted by Crippen LogP contribution is 2.41. The van der Waals surface area contributed by atoms with E-state index in [2.05, 4.69) is 49.4 Å². The Balaban J connectivity index is 1.29. The summed E-state index contributed by atoms with van der Waals surface area (Å²) >= 11 is 6.33. The SMILES string of the molecule is CN1CCN(c2ccc(Nc3ncc(Cl)c(-c4cnn(CC5(F)CC5)c4)n3)cc2)CC1. The minimum atomic E-state index is -1.11. The maximum atomic E-state index is 14.0. The molecule has 0 atom stereocenters. The van der Waals surface area contributed by atoms with E-state index in [9.17, 15) is 4.39 Å². The molecule has 1 aliphatic heterocycles. The third-order valence-corrected chi connectivity index (χ3v) is 6.16. The normalized spacial score (nSPS) is 18.2. The molecule has 2 aromatic heterocycles. The first-order chi connectivity index (χ1) is 15.0. The topological polar surface area (TPSA) is 62.1 Å². The van der Waals surface area contributed by atoms with Gasteiger partial charge in [-0.1, -0.05) is 11.6 Å². The Bertz CT molecular complexity index is 1060. The van der Waals surface area contributed by atoms with Crippen LogP contribution >= 0.6 is 11.6 Å². The fourth-order valence-corrected chi connectivity index (χ4v) is 3.94. The molecule has 0 bridgehead atoms. The number of halogens is 2. The van der Waals surface area contributed by atoms with Crippen molar-refractivity contribution < 1.29 is 4.39 Å². The van der Waals surface area contributed by atoms with E-state index >= 15 is 0 Å². The summed E-state index contributed by atoms with van der Waals surface area (Å²) in [7, 11) is 2.15. The molecule has 31 heavy (non-hydrogen) atoms. The minimum absolute atomic E-state index is 0.264. The molecule has 1 saturated heterocycles. The molecular weight excluding hydrogens is 417 g/mol. The van der Waals surface area contributed by atoms with Crippen molar-refractivity contribution in [3.63, 3.8) is 0 Å². The fourth-order valence-electron chi connectivity index (χ4n) is 3.74. The standard InChI is InChI=1S/C22H25ClFN7/c1-29-8-10-30(11-9-29)18-4-2-17(3-5-18)27-21-25-13-19(23)20(28-21)16-12-26-31(14-16)15-22(24)6-7-22/h2-5,12-14H,6-11,15H2,1H3,(H,25,27,28). The number of likely N-dealkylation sites (N-methyl/N-ethyl adjacent to an activating group) is 1. The zero-order chi connectivity index (χ0) is 21.4. The number of piperazine rings is 1. The zero-order valence-electron chi connectivity index (χ0n) is 17.4. The van der Waals surface area contributed by atoms with E-state index in [1.165, 1.54) is 5.69 Å². The smallest absolute Gasteiger partial charge is 0.227 e. The van der Waals surface area contributed by atoms with E-state index in [4.69, 9.17) is 11.6 Å². The number of nitrogens with one attached hydrogen (secondary N) is 1. The third kappa shape index (κ3) is 4.65. The van der Waals surface area contributed by atoms with Crippen LogP contribution in [0.25, 0.3) is 11.3 Å². The first-order valence-corrected chi connectivity index (χ1v) is 10.9. The Kier molecular flexibility index (Phi) is 5.27. The number of rotatable bonds is 6. The van der Waals surface area contributed by atoms with E-state index in [1.807, 2.05) is 12.1 Å². The molecule has 0 amide bonds. The Morgan fingerprint density at radius 1 is 1.10 bits per heavy atom. The van der Waals surface area contributed by atoms with Gasteiger partial charge in [0.15, 0.2) is 0 Å². The van der Waals surface area contributed by atoms with Gasteiger partial charge in [-0.05, 0) is 44.2 Å². The van der Waals surface area contributed by atoms with E-state index in [-0.39, 0.29) is 6.54 Å². The molecule has 9 heteroatoms. The van der Waals surface area contributed by atoms with Crippen LogP contribution in [0.5, 0.6) is 0 Å². The molecule has 0 unspecified atom stereocenters. The molecule has 2 fully saturated rings. The van der Waals surface area contributed by atoms with Crippen LogP contribution in [-0.4, -0.2) is 63.5 Å². The summed E-state index contributed by atoms with van der Waals surface area (Å²) < 4.78 is 15.6. The average Bonchev–Trinajstić information content (AvgIpc) is 3.31. The molecule has 5 rings (SSSR count). The quantitative estimate of drug-likeness (QED) is 0.624. The Labute approximate surface area is 185 Å². The van der Waals surface area contributed by atoms with Gasteiger partial charge in [0.2, 0.25) is 5.95 Å². The van der Waals surface area contributed by atoms with Gasteiger partial charge in [-0.3, -0.25) is 4.68 Å². The predicted octanol–water partition coefficient (Wildman–Crippen LogP) is 3.99. The van der Waals surface area contributed by atoms with E-state index < -0.39 is 5.67 Å². The van der Waals surface area contributed by atoms with Crippen molar-refractivity contribution in [2.45, 2.75) is 25.1 Å². The summed E-state index contributed by atoms with van der Waals surface area (Å²) in [5.74, 6) is 0.448. The molecule has 1 saturated carbocycles. The van der Waals surface area contributed by atoms with Gasteiger partial charge in [0, 0.05) is 49.3 Å². The summed E-state index contributed by atoms with van der Waals surface area (Å²) in [6.45, 7) is 4.48. The molecule has 0 radical (unpaired) electrons. The predicted molar refractivity (Wildman–Crippen MR) is 121 cm³/mol. The van der Waals surface area contributed by atoms with Crippen LogP contribution in [0, 0.1) is 0 Å². The molecule has 1 N–H and O–H groups in total. The third-order valence-electron chi connectivity index (χ3n) is 5.88. The van der Waals surface area contributed by atoms with Crippen LogP contribution < -0.4 is 10.2 Å². The van der Waals surface area contributed by atoms with Crippen LogP contribution in [0.15, 0.2) is 42.9 Å². The summed E-state index contributed by atoms with van der Waals surface area (Å²) in [4.78, 5) is 13.6. The van der Waals surface area contributed by atoms with E-state index in [0.29, 0.717) is 29.5 Å². The molecule has 162 valence electrons. The van der Waals surface area contributed by atoms with Crippen molar-refractivity contribution in [3.8, 4) is 11.3 Å². The molecule has 1 aromatic carbocycles. The van der Waals surface area contributed by atoms with Gasteiger partial charge in [0.1, 0.15) is 5.67 Å². The van der Waals surface area contributed by atoms with Crippen LogP contribution in [-0.2, 0) is 6.54 Å². The zero-order valence-corrected chi connectivity index (χ0v) is 18.2. The maximum Gasteiger partial charge on any atom is 0.227 e. The van der Waals surface area contributed by atoms with Gasteiger partial charge in [0.05, 0.1) is 29.7 Å². The van der Waals surface area contributed by atoms with Crippen molar-refractivity contribution in [2.75, 3.05) is 43.4 Å². The van der Waals surface area contributed by atoms with Crippen molar-refractivity contribution in [2.24, 2.45) is 0 Å². The lowest BCUT2D eigenvalue weighted by molar-refractivity contribution is 0.261. The first-order valence-electron chi connectivity index (χ1n) is 10.5. The fraction of sp³-hybridized carbons (Fsp3) is 0.409. The van der Waals surface area contributed by atoms with Crippen LogP contribution in [0.3, 0.4) is 0 Å². The van der Waals surface area contributed by atoms with Crippen LogP contribution in [0.2, 0.25) is 5.02 Å². The van der Waals surface area contributed by atoms with Crippen LogP contribution in [0.4, 0.5) is 21.7 Å². The van der Waals surface area contributed by atoms with Crippen molar-refractivity contribution in [1.29, 1.82) is 0 Å². The number of hydrogen-bond acceptors (Lipinski definition) is 6. The Hall–Kier alpha value is -2.71. The number of hydrogen-bond donors (Lipinski definition) is 1. The maximum absolute atomic E-state index is 14.0. The second-order valence-corrected chi connectivity index (χ2v) is 8.84. The Morgan fingerprint density at radius 2 is 1.84 bits per heavy atom. The molecule has 0 spiro atoms. The summed E-state index contributed by atoms with van der Waals surface area (Å²) in [5, 5.41) is 7.93. The monoisotopic (exact) mass is 441 g/mol. The highest BCUT2D eigenvalue weighted by Gasteiger charge is 2.43. The summed E-state index contributed by atoms with van der Waals surface area (Å²) in [5.41, 5.74) is 2.31. The van der Waals surface area contributed by atoms with Crippen LogP contribution in [0.1, 0.15) is 12.8 Å². The van der Waals surface area contributed by atoms with Crippen molar-refractivity contribution >= 4 is 28.9 Å². The number of alkyl halides is 1. The lowest BCUT2D eigenvalue weighted by Gasteiger charge is -2.34. The molecule has 1 aliphatic carbocycles. The summed E-state index contributed by atoms with van der Waals surface area (Å²) in [6, 6.07) is 8.28. The lowest BCUT2D eigenvalue weighted by Crippen LogP contribution is -2.44. The molecule has 3 aromatic rings. The van der Waals surface area contributed by atoms with E-state index in [1.54, 1.807) is 23.3 Å². The highest BCUT2D eigenvalue weighted by atomic mass is 35.5. The second kappa shape index (κ2) is 8.09. The molecular formula is C22H25ClFN7.